The highest BCUT2D eigenvalue weighted by molar-refractivity contribution is 5.97. The monoisotopic (exact) mass is 274 g/mol. The molecule has 1 atom stereocenters. The number of rotatable bonds is 3. The van der Waals surface area contributed by atoms with E-state index >= 15 is 0 Å². The lowest BCUT2D eigenvalue weighted by atomic mass is 10.1. The lowest BCUT2D eigenvalue weighted by molar-refractivity contribution is -0.142. The normalized spacial score (nSPS) is 11.0. The fourth-order valence-corrected chi connectivity index (χ4v) is 1.66. The second kappa shape index (κ2) is 7.31. The van der Waals surface area contributed by atoms with Crippen molar-refractivity contribution in [1.29, 1.82) is 0 Å². The lowest BCUT2D eigenvalue weighted by Gasteiger charge is -2.12. The molecule has 5 heteroatoms. The van der Waals surface area contributed by atoms with E-state index in [-0.39, 0.29) is 12.5 Å². The largest absolute Gasteiger partial charge is 0.467 e. The van der Waals surface area contributed by atoms with E-state index in [4.69, 9.17) is 5.73 Å². The van der Waals surface area contributed by atoms with E-state index in [0.29, 0.717) is 11.1 Å². The van der Waals surface area contributed by atoms with Crippen LogP contribution in [-0.4, -0.2) is 31.6 Å². The summed E-state index contributed by atoms with van der Waals surface area (Å²) in [6.45, 7) is 3.69. The summed E-state index contributed by atoms with van der Waals surface area (Å²) in [7, 11) is 1.28. The Bertz CT molecular complexity index is 570. The first-order valence-electron chi connectivity index (χ1n) is 6.17. The van der Waals surface area contributed by atoms with Crippen LogP contribution in [-0.2, 0) is 9.53 Å². The summed E-state index contributed by atoms with van der Waals surface area (Å²) in [5.74, 6) is 4.78. The maximum Gasteiger partial charge on any atom is 0.328 e. The fourth-order valence-electron chi connectivity index (χ4n) is 1.66. The Morgan fingerprint density at radius 3 is 2.70 bits per heavy atom. The first-order valence-corrected chi connectivity index (χ1v) is 6.17. The molecule has 0 saturated heterocycles. The van der Waals surface area contributed by atoms with Gasteiger partial charge in [0.15, 0.2) is 0 Å². The van der Waals surface area contributed by atoms with Gasteiger partial charge in [-0.1, -0.05) is 11.8 Å². The predicted octanol–water partition coefficient (Wildman–Crippen LogP) is 0.597. The number of nitrogens with one attached hydrogen (secondary N) is 1. The van der Waals surface area contributed by atoms with Crippen LogP contribution in [0.5, 0.6) is 0 Å². The van der Waals surface area contributed by atoms with Crippen LogP contribution in [0.4, 0.5) is 0 Å². The minimum atomic E-state index is -0.702. The Kier molecular flexibility index (Phi) is 5.75. The predicted molar refractivity (Wildman–Crippen MR) is 76.1 cm³/mol. The Morgan fingerprint density at radius 2 is 2.10 bits per heavy atom. The van der Waals surface area contributed by atoms with Gasteiger partial charge in [-0.25, -0.2) is 4.79 Å². The van der Waals surface area contributed by atoms with Crippen molar-refractivity contribution < 1.29 is 14.3 Å². The molecule has 106 valence electrons. The molecule has 0 saturated carbocycles. The zero-order valence-corrected chi connectivity index (χ0v) is 11.8. The third-order valence-corrected chi connectivity index (χ3v) is 2.58. The zero-order valence-electron chi connectivity index (χ0n) is 11.8. The van der Waals surface area contributed by atoms with Gasteiger partial charge in [-0.15, -0.1) is 0 Å². The molecule has 0 aliphatic heterocycles. The average Bonchev–Trinajstić information content (AvgIpc) is 2.43. The molecule has 0 aliphatic carbocycles. The van der Waals surface area contributed by atoms with Crippen LogP contribution in [0.3, 0.4) is 0 Å². The van der Waals surface area contributed by atoms with Gasteiger partial charge in [0, 0.05) is 11.1 Å². The smallest absolute Gasteiger partial charge is 0.328 e. The van der Waals surface area contributed by atoms with Crippen molar-refractivity contribution >= 4 is 11.9 Å². The molecule has 1 rings (SSSR count). The van der Waals surface area contributed by atoms with Crippen molar-refractivity contribution in [3.05, 3.63) is 34.9 Å². The molecule has 0 aliphatic rings. The van der Waals surface area contributed by atoms with Crippen molar-refractivity contribution in [1.82, 2.24) is 5.32 Å². The van der Waals surface area contributed by atoms with E-state index < -0.39 is 12.0 Å². The third-order valence-electron chi connectivity index (χ3n) is 2.58. The molecule has 1 aromatic carbocycles. The van der Waals surface area contributed by atoms with Gasteiger partial charge in [0.25, 0.3) is 5.91 Å². The summed E-state index contributed by atoms with van der Waals surface area (Å²) in [6, 6.07) is 4.55. The van der Waals surface area contributed by atoms with E-state index in [1.807, 2.05) is 13.0 Å². The second-order valence-corrected chi connectivity index (χ2v) is 4.31. The summed E-state index contributed by atoms with van der Waals surface area (Å²) in [5.41, 5.74) is 7.39. The number of nitrogens with two attached hydrogens (primary N) is 1. The highest BCUT2D eigenvalue weighted by Crippen LogP contribution is 2.09. The number of carbonyl (C=O) groups excluding carboxylic acids is 2. The summed E-state index contributed by atoms with van der Waals surface area (Å²) in [5, 5.41) is 2.57. The molecule has 0 radical (unpaired) electrons. The van der Waals surface area contributed by atoms with Gasteiger partial charge in [0.05, 0.1) is 13.7 Å². The second-order valence-electron chi connectivity index (χ2n) is 4.31. The van der Waals surface area contributed by atoms with Crippen molar-refractivity contribution in [3.63, 3.8) is 0 Å². The number of esters is 1. The van der Waals surface area contributed by atoms with E-state index in [0.717, 1.165) is 5.56 Å². The van der Waals surface area contributed by atoms with E-state index in [1.54, 1.807) is 19.1 Å². The van der Waals surface area contributed by atoms with Crippen LogP contribution < -0.4 is 11.1 Å². The van der Waals surface area contributed by atoms with Gasteiger partial charge in [-0.3, -0.25) is 4.79 Å². The zero-order chi connectivity index (χ0) is 15.1. The van der Waals surface area contributed by atoms with Gasteiger partial charge in [0.2, 0.25) is 0 Å². The molecule has 1 amide bonds. The number of methoxy groups -OCH3 is 1. The van der Waals surface area contributed by atoms with Crippen molar-refractivity contribution in [3.8, 4) is 11.8 Å². The van der Waals surface area contributed by atoms with E-state index in [1.165, 1.54) is 7.11 Å². The molecule has 1 aromatic rings. The molecule has 0 aromatic heterocycles. The van der Waals surface area contributed by atoms with Gasteiger partial charge >= 0.3 is 5.97 Å². The lowest BCUT2D eigenvalue weighted by Crippen LogP contribution is -2.39. The van der Waals surface area contributed by atoms with Gasteiger partial charge in [0.1, 0.15) is 6.04 Å². The van der Waals surface area contributed by atoms with Crippen molar-refractivity contribution in [2.45, 2.75) is 19.9 Å². The van der Waals surface area contributed by atoms with Crippen LogP contribution in [0.15, 0.2) is 18.2 Å². The molecule has 20 heavy (non-hydrogen) atoms. The highest BCUT2D eigenvalue weighted by Gasteiger charge is 2.17. The summed E-state index contributed by atoms with van der Waals surface area (Å²) in [6.07, 6.45) is 0. The topological polar surface area (TPSA) is 81.4 Å². The van der Waals surface area contributed by atoms with E-state index in [2.05, 4.69) is 21.9 Å². The average molecular weight is 274 g/mol. The molecule has 0 bridgehead atoms. The minimum Gasteiger partial charge on any atom is -0.467 e. The SMILES string of the molecule is COC(=O)C(C)NC(=O)c1cc(C)cc(C#CCN)c1. The quantitative estimate of drug-likeness (QED) is 0.624. The number of carbonyl (C=O) groups is 2. The first kappa shape index (κ1) is 15.7. The van der Waals surface area contributed by atoms with Gasteiger partial charge < -0.3 is 15.8 Å². The van der Waals surface area contributed by atoms with Crippen LogP contribution >= 0.6 is 0 Å². The number of amides is 1. The number of aryl methyl sites for hydroxylation is 1. The number of ether oxygens (including phenoxy) is 1. The standard InChI is InChI=1S/C15H18N2O3/c1-10-7-12(5-4-6-16)9-13(8-10)14(18)17-11(2)15(19)20-3/h7-9,11H,6,16H2,1-3H3,(H,17,18). The molecule has 0 fully saturated rings. The maximum atomic E-state index is 12.1. The van der Waals surface area contributed by atoms with Crippen LogP contribution in [0.2, 0.25) is 0 Å². The minimum absolute atomic E-state index is 0.259. The highest BCUT2D eigenvalue weighted by atomic mass is 16.5. The molecule has 5 nitrogen and oxygen atoms in total. The van der Waals surface area contributed by atoms with Crippen LogP contribution in [0.1, 0.15) is 28.4 Å². The van der Waals surface area contributed by atoms with E-state index in [9.17, 15) is 9.59 Å². The van der Waals surface area contributed by atoms with Crippen LogP contribution in [0, 0.1) is 18.8 Å². The van der Waals surface area contributed by atoms with Crippen LogP contribution in [0.25, 0.3) is 0 Å². The third kappa shape index (κ3) is 4.41. The molecular weight excluding hydrogens is 256 g/mol. The number of hydrogen-bond donors (Lipinski definition) is 2. The fraction of sp³-hybridized carbons (Fsp3) is 0.333. The molecular formula is C15H18N2O3. The first-order chi connectivity index (χ1) is 9.47. The summed E-state index contributed by atoms with van der Waals surface area (Å²) < 4.78 is 4.56. The Balaban J connectivity index is 2.93. The van der Waals surface area contributed by atoms with Gasteiger partial charge in [-0.2, -0.15) is 0 Å². The number of benzene rings is 1. The van der Waals surface area contributed by atoms with Gasteiger partial charge in [-0.05, 0) is 37.6 Å². The Labute approximate surface area is 118 Å². The molecule has 0 heterocycles. The molecule has 3 N–H and O–H groups in total. The molecule has 0 spiro atoms. The number of hydrogen-bond acceptors (Lipinski definition) is 4. The Morgan fingerprint density at radius 1 is 1.40 bits per heavy atom. The van der Waals surface area contributed by atoms with Crippen molar-refractivity contribution in [2.75, 3.05) is 13.7 Å². The summed E-state index contributed by atoms with van der Waals surface area (Å²) in [4.78, 5) is 23.3. The maximum absolute atomic E-state index is 12.1. The summed E-state index contributed by atoms with van der Waals surface area (Å²) >= 11 is 0. The van der Waals surface area contributed by atoms with Crippen molar-refractivity contribution in [2.24, 2.45) is 5.73 Å². The molecule has 1 unspecified atom stereocenters. The Hall–Kier alpha value is -2.32.